The van der Waals surface area contributed by atoms with Crippen LogP contribution in [0, 0.1) is 5.82 Å². The first-order valence-electron chi connectivity index (χ1n) is 6.24. The summed E-state index contributed by atoms with van der Waals surface area (Å²) in [6.07, 6.45) is 0. The Balaban J connectivity index is 2.21. The average Bonchev–Trinajstić information content (AvgIpc) is 2.81. The van der Waals surface area contributed by atoms with Gasteiger partial charge in [-0.1, -0.05) is 29.4 Å². The standard InChI is InChI=1S/C13H16ClFN4S/c1-8(2)19-12(6-16)17-18-13(19)20-7-9-10(14)4-3-5-11(9)15/h3-5,8H,6-7,16H2,1-2H3. The van der Waals surface area contributed by atoms with Crippen LogP contribution in [0.2, 0.25) is 5.02 Å². The van der Waals surface area contributed by atoms with Gasteiger partial charge in [0.05, 0.1) is 6.54 Å². The van der Waals surface area contributed by atoms with E-state index in [0.29, 0.717) is 22.9 Å². The van der Waals surface area contributed by atoms with E-state index in [0.717, 1.165) is 11.0 Å². The lowest BCUT2D eigenvalue weighted by molar-refractivity contribution is 0.526. The lowest BCUT2D eigenvalue weighted by Gasteiger charge is -2.13. The number of thioether (sulfide) groups is 1. The van der Waals surface area contributed by atoms with Gasteiger partial charge in [0, 0.05) is 22.4 Å². The molecule has 0 fully saturated rings. The normalized spacial score (nSPS) is 11.3. The van der Waals surface area contributed by atoms with Crippen LogP contribution in [0.25, 0.3) is 0 Å². The van der Waals surface area contributed by atoms with Crippen molar-refractivity contribution < 1.29 is 4.39 Å². The van der Waals surface area contributed by atoms with Crippen molar-refractivity contribution in [2.75, 3.05) is 0 Å². The molecule has 0 unspecified atom stereocenters. The number of halogens is 2. The van der Waals surface area contributed by atoms with Crippen molar-refractivity contribution >= 4 is 23.4 Å². The zero-order valence-corrected chi connectivity index (χ0v) is 12.9. The summed E-state index contributed by atoms with van der Waals surface area (Å²) in [5, 5.41) is 9.31. The summed E-state index contributed by atoms with van der Waals surface area (Å²) in [4.78, 5) is 0. The molecule has 1 aromatic heterocycles. The summed E-state index contributed by atoms with van der Waals surface area (Å²) in [7, 11) is 0. The number of hydrogen-bond acceptors (Lipinski definition) is 4. The van der Waals surface area contributed by atoms with E-state index in [1.54, 1.807) is 12.1 Å². The molecule has 0 bridgehead atoms. The SMILES string of the molecule is CC(C)n1c(CN)nnc1SCc1c(F)cccc1Cl. The maximum atomic E-state index is 13.7. The number of hydrogen-bond donors (Lipinski definition) is 1. The first-order valence-corrected chi connectivity index (χ1v) is 7.60. The zero-order chi connectivity index (χ0) is 14.7. The van der Waals surface area contributed by atoms with E-state index in [2.05, 4.69) is 10.2 Å². The quantitative estimate of drug-likeness (QED) is 0.859. The molecule has 2 aromatic rings. The molecule has 1 aromatic carbocycles. The van der Waals surface area contributed by atoms with Crippen molar-refractivity contribution in [2.45, 2.75) is 37.3 Å². The summed E-state index contributed by atoms with van der Waals surface area (Å²) in [6.45, 7) is 4.39. The second-order valence-electron chi connectivity index (χ2n) is 4.56. The Kier molecular flexibility index (Phi) is 5.01. The highest BCUT2D eigenvalue weighted by Gasteiger charge is 2.15. The van der Waals surface area contributed by atoms with Crippen LogP contribution in [-0.2, 0) is 12.3 Å². The van der Waals surface area contributed by atoms with Gasteiger partial charge in [-0.3, -0.25) is 0 Å². The number of nitrogens with zero attached hydrogens (tertiary/aromatic N) is 3. The van der Waals surface area contributed by atoms with Crippen LogP contribution in [0.5, 0.6) is 0 Å². The van der Waals surface area contributed by atoms with E-state index < -0.39 is 0 Å². The Hall–Kier alpha value is -1.11. The topological polar surface area (TPSA) is 56.7 Å². The van der Waals surface area contributed by atoms with Gasteiger partial charge in [-0.05, 0) is 26.0 Å². The molecule has 2 N–H and O–H groups in total. The van der Waals surface area contributed by atoms with Crippen molar-refractivity contribution in [3.63, 3.8) is 0 Å². The number of rotatable bonds is 5. The van der Waals surface area contributed by atoms with Gasteiger partial charge in [0.1, 0.15) is 11.6 Å². The maximum absolute atomic E-state index is 13.7. The minimum Gasteiger partial charge on any atom is -0.324 e. The minimum atomic E-state index is -0.306. The average molecular weight is 315 g/mol. The van der Waals surface area contributed by atoms with Crippen molar-refractivity contribution in [2.24, 2.45) is 5.73 Å². The molecule has 2 rings (SSSR count). The lowest BCUT2D eigenvalue weighted by Crippen LogP contribution is -2.11. The molecule has 0 aliphatic rings. The van der Waals surface area contributed by atoms with Gasteiger partial charge in [0.15, 0.2) is 5.16 Å². The zero-order valence-electron chi connectivity index (χ0n) is 11.3. The first-order chi connectivity index (χ1) is 9.54. The van der Waals surface area contributed by atoms with Crippen LogP contribution < -0.4 is 5.73 Å². The fraction of sp³-hybridized carbons (Fsp3) is 0.385. The Bertz CT molecular complexity index is 580. The Morgan fingerprint density at radius 1 is 1.40 bits per heavy atom. The van der Waals surface area contributed by atoms with Crippen LogP contribution in [0.4, 0.5) is 4.39 Å². The number of benzene rings is 1. The molecule has 108 valence electrons. The van der Waals surface area contributed by atoms with E-state index in [1.165, 1.54) is 17.8 Å². The third-order valence-corrected chi connectivity index (χ3v) is 4.17. The summed E-state index contributed by atoms with van der Waals surface area (Å²) in [5.74, 6) is 0.822. The molecule has 7 heteroatoms. The second-order valence-corrected chi connectivity index (χ2v) is 5.91. The van der Waals surface area contributed by atoms with Gasteiger partial charge in [-0.25, -0.2) is 4.39 Å². The number of nitrogens with two attached hydrogens (primary N) is 1. The summed E-state index contributed by atoms with van der Waals surface area (Å²) >= 11 is 7.42. The Morgan fingerprint density at radius 2 is 2.15 bits per heavy atom. The smallest absolute Gasteiger partial charge is 0.191 e. The molecule has 0 radical (unpaired) electrons. The van der Waals surface area contributed by atoms with Crippen molar-refractivity contribution in [3.8, 4) is 0 Å². The molecule has 0 saturated carbocycles. The Morgan fingerprint density at radius 3 is 2.75 bits per heavy atom. The van der Waals surface area contributed by atoms with E-state index in [-0.39, 0.29) is 11.9 Å². The molecule has 0 saturated heterocycles. The Labute approximate surface area is 126 Å². The van der Waals surface area contributed by atoms with Crippen LogP contribution >= 0.6 is 23.4 Å². The molecule has 0 aliphatic heterocycles. The molecule has 0 spiro atoms. The van der Waals surface area contributed by atoms with Gasteiger partial charge < -0.3 is 10.3 Å². The maximum Gasteiger partial charge on any atom is 0.191 e. The molecule has 4 nitrogen and oxygen atoms in total. The van der Waals surface area contributed by atoms with Gasteiger partial charge in [-0.2, -0.15) is 0 Å². The molecular formula is C13H16ClFN4S. The van der Waals surface area contributed by atoms with E-state index in [4.69, 9.17) is 17.3 Å². The third-order valence-electron chi connectivity index (χ3n) is 2.84. The molecule has 20 heavy (non-hydrogen) atoms. The van der Waals surface area contributed by atoms with Crippen molar-refractivity contribution in [3.05, 3.63) is 40.4 Å². The van der Waals surface area contributed by atoms with Gasteiger partial charge in [0.2, 0.25) is 0 Å². The van der Waals surface area contributed by atoms with E-state index >= 15 is 0 Å². The summed E-state index contributed by atoms with van der Waals surface area (Å²) in [6, 6.07) is 4.87. The monoisotopic (exact) mass is 314 g/mol. The fourth-order valence-electron chi connectivity index (χ4n) is 1.87. The fourth-order valence-corrected chi connectivity index (χ4v) is 3.30. The largest absolute Gasteiger partial charge is 0.324 e. The highest BCUT2D eigenvalue weighted by molar-refractivity contribution is 7.98. The predicted octanol–water partition coefficient (Wildman–Crippen LogP) is 3.40. The highest BCUT2D eigenvalue weighted by atomic mass is 35.5. The highest BCUT2D eigenvalue weighted by Crippen LogP contribution is 2.29. The second kappa shape index (κ2) is 6.56. The molecular weight excluding hydrogens is 299 g/mol. The molecule has 0 atom stereocenters. The van der Waals surface area contributed by atoms with Crippen LogP contribution in [0.15, 0.2) is 23.4 Å². The first kappa shape index (κ1) is 15.3. The summed E-state index contributed by atoms with van der Waals surface area (Å²) < 4.78 is 15.7. The molecule has 0 aliphatic carbocycles. The lowest BCUT2D eigenvalue weighted by atomic mass is 10.2. The van der Waals surface area contributed by atoms with Crippen LogP contribution in [0.1, 0.15) is 31.3 Å². The van der Waals surface area contributed by atoms with Crippen LogP contribution in [0.3, 0.4) is 0 Å². The van der Waals surface area contributed by atoms with E-state index in [9.17, 15) is 4.39 Å². The van der Waals surface area contributed by atoms with E-state index in [1.807, 2.05) is 18.4 Å². The minimum absolute atomic E-state index is 0.196. The molecule has 1 heterocycles. The van der Waals surface area contributed by atoms with Gasteiger partial charge in [0.25, 0.3) is 0 Å². The van der Waals surface area contributed by atoms with Gasteiger partial charge >= 0.3 is 0 Å². The third kappa shape index (κ3) is 3.13. The van der Waals surface area contributed by atoms with Crippen molar-refractivity contribution in [1.82, 2.24) is 14.8 Å². The number of aromatic nitrogens is 3. The van der Waals surface area contributed by atoms with Gasteiger partial charge in [-0.15, -0.1) is 10.2 Å². The van der Waals surface area contributed by atoms with Crippen LogP contribution in [-0.4, -0.2) is 14.8 Å². The summed E-state index contributed by atoms with van der Waals surface area (Å²) in [5.41, 5.74) is 6.12. The van der Waals surface area contributed by atoms with Crippen molar-refractivity contribution in [1.29, 1.82) is 0 Å². The predicted molar refractivity (Wildman–Crippen MR) is 79.3 cm³/mol. The molecule has 0 amide bonds.